The van der Waals surface area contributed by atoms with Crippen LogP contribution in [0.1, 0.15) is 48.0 Å². The largest absolute Gasteiger partial charge is 0.503 e. The molecule has 0 saturated heterocycles. The molecule has 2 aliphatic rings. The molecule has 1 aromatic carbocycles. The lowest BCUT2D eigenvalue weighted by Crippen LogP contribution is -2.31. The minimum absolute atomic E-state index is 0.167. The van der Waals surface area contributed by atoms with Crippen LogP contribution in [0.4, 0.5) is 8.78 Å². The number of phenolic OH excluding ortho intramolecular Hbond substituents is 1. The summed E-state index contributed by atoms with van der Waals surface area (Å²) in [4.78, 5) is 13.8. The number of carbonyl (C=O) groups excluding carboxylic acids is 1. The highest BCUT2D eigenvalue weighted by molar-refractivity contribution is 5.99. The molecule has 1 aliphatic heterocycles. The Morgan fingerprint density at radius 2 is 1.95 bits per heavy atom. The van der Waals surface area contributed by atoms with Crippen molar-refractivity contribution in [3.63, 3.8) is 0 Å². The van der Waals surface area contributed by atoms with E-state index in [4.69, 9.17) is 0 Å². The molecule has 0 aromatic heterocycles. The van der Waals surface area contributed by atoms with Gasteiger partial charge in [0, 0.05) is 13.1 Å². The van der Waals surface area contributed by atoms with Crippen LogP contribution in [-0.2, 0) is 6.54 Å². The Morgan fingerprint density at radius 1 is 1.25 bits per heavy atom. The first kappa shape index (κ1) is 13.3. The Bertz CT molecular complexity index is 553. The van der Waals surface area contributed by atoms with Crippen molar-refractivity contribution < 1.29 is 18.7 Å². The summed E-state index contributed by atoms with van der Waals surface area (Å²) >= 11 is 0. The third-order valence-electron chi connectivity index (χ3n) is 4.34. The fraction of sp³-hybridized carbons (Fsp3) is 0.533. The van der Waals surface area contributed by atoms with Gasteiger partial charge < -0.3 is 10.0 Å². The summed E-state index contributed by atoms with van der Waals surface area (Å²) in [5.41, 5.74) is 0.165. The van der Waals surface area contributed by atoms with Crippen molar-refractivity contribution in [2.24, 2.45) is 5.92 Å². The van der Waals surface area contributed by atoms with Crippen molar-refractivity contribution in [2.75, 3.05) is 6.54 Å². The fourth-order valence-electron chi connectivity index (χ4n) is 3.28. The molecule has 1 aliphatic carbocycles. The van der Waals surface area contributed by atoms with Crippen LogP contribution in [0.15, 0.2) is 6.07 Å². The second-order valence-electron chi connectivity index (χ2n) is 5.74. The molecular formula is C15H17F2NO2. The topological polar surface area (TPSA) is 40.5 Å². The van der Waals surface area contributed by atoms with Crippen molar-refractivity contribution in [3.8, 4) is 5.75 Å². The lowest BCUT2D eigenvalue weighted by molar-refractivity contribution is 0.0734. The summed E-state index contributed by atoms with van der Waals surface area (Å²) in [6, 6.07) is 1.06. The second kappa shape index (κ2) is 5.04. The number of nitrogens with zero attached hydrogens (tertiary/aromatic N) is 1. The molecule has 5 heteroatoms. The molecule has 0 bridgehead atoms. The number of aromatic hydroxyl groups is 1. The molecule has 1 N–H and O–H groups in total. The second-order valence-corrected chi connectivity index (χ2v) is 5.74. The van der Waals surface area contributed by atoms with Crippen molar-refractivity contribution in [1.29, 1.82) is 0 Å². The standard InChI is InChI=1S/C15H17F2NO2/c16-11-6-10-8-18(7-9-4-2-1-3-5-9)15(20)12(10)13(17)14(11)19/h6,9,19H,1-5,7-8H2. The summed E-state index contributed by atoms with van der Waals surface area (Å²) in [7, 11) is 0. The lowest BCUT2D eigenvalue weighted by Gasteiger charge is -2.26. The first-order valence-electron chi connectivity index (χ1n) is 7.07. The minimum Gasteiger partial charge on any atom is -0.503 e. The fourth-order valence-corrected chi connectivity index (χ4v) is 3.28. The molecule has 3 rings (SSSR count). The number of amides is 1. The van der Waals surface area contributed by atoms with Crippen LogP contribution >= 0.6 is 0 Å². The molecular weight excluding hydrogens is 264 g/mol. The van der Waals surface area contributed by atoms with E-state index in [0.717, 1.165) is 18.9 Å². The zero-order chi connectivity index (χ0) is 14.3. The first-order valence-corrected chi connectivity index (χ1v) is 7.07. The van der Waals surface area contributed by atoms with E-state index >= 15 is 0 Å². The van der Waals surface area contributed by atoms with E-state index in [2.05, 4.69) is 0 Å². The summed E-state index contributed by atoms with van der Waals surface area (Å²) in [5, 5.41) is 9.28. The summed E-state index contributed by atoms with van der Waals surface area (Å²) < 4.78 is 27.2. The van der Waals surface area contributed by atoms with Crippen LogP contribution in [0.3, 0.4) is 0 Å². The average Bonchev–Trinajstić information content (AvgIpc) is 2.74. The van der Waals surface area contributed by atoms with Gasteiger partial charge in [0.05, 0.1) is 5.56 Å². The zero-order valence-corrected chi connectivity index (χ0v) is 11.2. The van der Waals surface area contributed by atoms with Crippen molar-refractivity contribution in [3.05, 3.63) is 28.8 Å². The highest BCUT2D eigenvalue weighted by Crippen LogP contribution is 2.34. The van der Waals surface area contributed by atoms with Gasteiger partial charge in [0.2, 0.25) is 0 Å². The number of carbonyl (C=O) groups is 1. The van der Waals surface area contributed by atoms with Crippen LogP contribution in [-0.4, -0.2) is 22.5 Å². The van der Waals surface area contributed by atoms with E-state index in [1.54, 1.807) is 4.90 Å². The van der Waals surface area contributed by atoms with Gasteiger partial charge in [-0.15, -0.1) is 0 Å². The zero-order valence-electron chi connectivity index (χ0n) is 11.2. The third-order valence-corrected chi connectivity index (χ3v) is 4.34. The van der Waals surface area contributed by atoms with Gasteiger partial charge in [0.15, 0.2) is 17.4 Å². The predicted molar refractivity (Wildman–Crippen MR) is 69.3 cm³/mol. The molecule has 0 radical (unpaired) electrons. The van der Waals surface area contributed by atoms with Crippen LogP contribution in [0.25, 0.3) is 0 Å². The Labute approximate surface area is 116 Å². The molecule has 1 saturated carbocycles. The molecule has 108 valence electrons. The van der Waals surface area contributed by atoms with Crippen LogP contribution in [0.5, 0.6) is 5.75 Å². The number of rotatable bonds is 2. The molecule has 20 heavy (non-hydrogen) atoms. The van der Waals surface area contributed by atoms with E-state index < -0.39 is 23.3 Å². The molecule has 0 spiro atoms. The Morgan fingerprint density at radius 3 is 2.65 bits per heavy atom. The highest BCUT2D eigenvalue weighted by atomic mass is 19.1. The Hall–Kier alpha value is -1.65. The number of fused-ring (bicyclic) bond motifs is 1. The third kappa shape index (κ3) is 2.15. The van der Waals surface area contributed by atoms with Crippen molar-refractivity contribution in [2.45, 2.75) is 38.6 Å². The molecule has 1 amide bonds. The van der Waals surface area contributed by atoms with Gasteiger partial charge in [-0.25, -0.2) is 8.78 Å². The monoisotopic (exact) mass is 281 g/mol. The van der Waals surface area contributed by atoms with E-state index in [9.17, 15) is 18.7 Å². The van der Waals surface area contributed by atoms with Crippen LogP contribution < -0.4 is 0 Å². The average molecular weight is 281 g/mol. The number of halogens is 2. The molecule has 3 nitrogen and oxygen atoms in total. The molecule has 1 fully saturated rings. The van der Waals surface area contributed by atoms with Gasteiger partial charge in [-0.2, -0.15) is 0 Å². The van der Waals surface area contributed by atoms with E-state index in [0.29, 0.717) is 18.0 Å². The number of hydrogen-bond acceptors (Lipinski definition) is 2. The van der Waals surface area contributed by atoms with Crippen LogP contribution in [0, 0.1) is 17.6 Å². The SMILES string of the molecule is O=C1c2c(cc(F)c(O)c2F)CN1CC1CCCCC1. The maximum atomic E-state index is 13.8. The molecule has 0 unspecified atom stereocenters. The summed E-state index contributed by atoms with van der Waals surface area (Å²) in [5.74, 6) is -3.18. The summed E-state index contributed by atoms with van der Waals surface area (Å²) in [6.45, 7) is 0.828. The number of benzene rings is 1. The maximum Gasteiger partial charge on any atom is 0.257 e. The van der Waals surface area contributed by atoms with Gasteiger partial charge in [-0.05, 0) is 30.4 Å². The quantitative estimate of drug-likeness (QED) is 0.904. The minimum atomic E-state index is -1.13. The Balaban J connectivity index is 1.81. The van der Waals surface area contributed by atoms with E-state index in [1.807, 2.05) is 0 Å². The van der Waals surface area contributed by atoms with Gasteiger partial charge >= 0.3 is 0 Å². The lowest BCUT2D eigenvalue weighted by atomic mass is 9.89. The van der Waals surface area contributed by atoms with Crippen molar-refractivity contribution >= 4 is 5.91 Å². The molecule has 0 atom stereocenters. The number of hydrogen-bond donors (Lipinski definition) is 1. The smallest absolute Gasteiger partial charge is 0.257 e. The van der Waals surface area contributed by atoms with E-state index in [-0.39, 0.29) is 12.1 Å². The van der Waals surface area contributed by atoms with Gasteiger partial charge in [0.25, 0.3) is 5.91 Å². The maximum absolute atomic E-state index is 13.8. The van der Waals surface area contributed by atoms with Gasteiger partial charge in [0.1, 0.15) is 0 Å². The van der Waals surface area contributed by atoms with Crippen LogP contribution in [0.2, 0.25) is 0 Å². The molecule has 1 heterocycles. The molecule has 1 aromatic rings. The van der Waals surface area contributed by atoms with E-state index in [1.165, 1.54) is 19.3 Å². The first-order chi connectivity index (χ1) is 9.58. The normalized spacial score (nSPS) is 19.5. The van der Waals surface area contributed by atoms with Gasteiger partial charge in [-0.1, -0.05) is 19.3 Å². The summed E-state index contributed by atoms with van der Waals surface area (Å²) in [6.07, 6.45) is 5.75. The predicted octanol–water partition coefficient (Wildman–Crippen LogP) is 3.21. The number of phenols is 1. The Kier molecular flexibility index (Phi) is 3.36. The highest BCUT2D eigenvalue weighted by Gasteiger charge is 2.34. The van der Waals surface area contributed by atoms with Crippen molar-refractivity contribution in [1.82, 2.24) is 4.90 Å². The van der Waals surface area contributed by atoms with Gasteiger partial charge in [-0.3, -0.25) is 4.79 Å².